The molecule has 0 amide bonds. The summed E-state index contributed by atoms with van der Waals surface area (Å²) in [7, 11) is 0. The number of aliphatic hydroxyl groups is 1. The number of hydrogen-bond donors (Lipinski definition) is 2. The number of aliphatic hydroxyl groups excluding tert-OH is 1. The van der Waals surface area contributed by atoms with Gasteiger partial charge in [-0.25, -0.2) is 0 Å². The van der Waals surface area contributed by atoms with E-state index in [-0.39, 0.29) is 12.6 Å². The molecule has 1 aromatic carbocycles. The van der Waals surface area contributed by atoms with Gasteiger partial charge < -0.3 is 10.4 Å². The molecule has 3 heteroatoms. The highest BCUT2D eigenvalue weighted by molar-refractivity contribution is 5.30. The molecule has 0 saturated heterocycles. The van der Waals surface area contributed by atoms with Crippen LogP contribution in [0.25, 0.3) is 0 Å². The Balaban J connectivity index is 1.79. The third kappa shape index (κ3) is 3.55. The van der Waals surface area contributed by atoms with Gasteiger partial charge in [0, 0.05) is 31.7 Å². The molecule has 1 aromatic rings. The molecule has 2 N–H and O–H groups in total. The fourth-order valence-corrected chi connectivity index (χ4v) is 2.60. The largest absolute Gasteiger partial charge is 0.395 e. The molecule has 1 aliphatic rings. The van der Waals surface area contributed by atoms with Gasteiger partial charge in [0.25, 0.3) is 0 Å². The maximum atomic E-state index is 9.34. The van der Waals surface area contributed by atoms with Crippen molar-refractivity contribution in [1.82, 2.24) is 10.2 Å². The molecule has 1 unspecified atom stereocenters. The van der Waals surface area contributed by atoms with E-state index < -0.39 is 0 Å². The summed E-state index contributed by atoms with van der Waals surface area (Å²) in [5, 5.41) is 12.7. The first-order valence-corrected chi connectivity index (χ1v) is 6.85. The predicted octanol–water partition coefficient (Wildman–Crippen LogP) is 1.75. The van der Waals surface area contributed by atoms with E-state index in [0.717, 1.165) is 26.1 Å². The molecule has 1 atom stereocenters. The topological polar surface area (TPSA) is 35.5 Å². The fraction of sp³-hybridized carbons (Fsp3) is 0.600. The van der Waals surface area contributed by atoms with E-state index in [1.165, 1.54) is 11.1 Å². The average Bonchev–Trinajstić information content (AvgIpc) is 2.76. The van der Waals surface area contributed by atoms with Gasteiger partial charge in [-0.3, -0.25) is 4.90 Å². The van der Waals surface area contributed by atoms with Crippen LogP contribution in [0.4, 0.5) is 0 Å². The Hall–Kier alpha value is -0.900. The van der Waals surface area contributed by atoms with Gasteiger partial charge >= 0.3 is 0 Å². The van der Waals surface area contributed by atoms with E-state index in [4.69, 9.17) is 0 Å². The summed E-state index contributed by atoms with van der Waals surface area (Å²) in [6.07, 6.45) is 1.00. The SMILES string of the molecule is CC(C)NC(CO)CCN1Cc2ccccc2C1. The summed E-state index contributed by atoms with van der Waals surface area (Å²) in [6, 6.07) is 9.29. The fourth-order valence-electron chi connectivity index (χ4n) is 2.60. The van der Waals surface area contributed by atoms with Crippen molar-refractivity contribution in [1.29, 1.82) is 0 Å². The first-order chi connectivity index (χ1) is 8.69. The molecule has 0 fully saturated rings. The molecule has 18 heavy (non-hydrogen) atoms. The number of fused-ring (bicyclic) bond motifs is 1. The average molecular weight is 248 g/mol. The minimum Gasteiger partial charge on any atom is -0.395 e. The van der Waals surface area contributed by atoms with Crippen molar-refractivity contribution < 1.29 is 5.11 Å². The van der Waals surface area contributed by atoms with Gasteiger partial charge in [0.1, 0.15) is 0 Å². The van der Waals surface area contributed by atoms with Crippen LogP contribution in [0.1, 0.15) is 31.4 Å². The van der Waals surface area contributed by atoms with Crippen LogP contribution in [0.2, 0.25) is 0 Å². The van der Waals surface area contributed by atoms with Crippen LogP contribution in [0.3, 0.4) is 0 Å². The van der Waals surface area contributed by atoms with Gasteiger partial charge in [0.2, 0.25) is 0 Å². The molecule has 2 rings (SSSR count). The minimum atomic E-state index is 0.216. The molecular formula is C15H24N2O. The van der Waals surface area contributed by atoms with Gasteiger partial charge in [0.05, 0.1) is 6.61 Å². The highest BCUT2D eigenvalue weighted by atomic mass is 16.3. The smallest absolute Gasteiger partial charge is 0.0585 e. The van der Waals surface area contributed by atoms with Gasteiger partial charge in [-0.2, -0.15) is 0 Å². The van der Waals surface area contributed by atoms with Gasteiger partial charge in [0.15, 0.2) is 0 Å². The zero-order valence-electron chi connectivity index (χ0n) is 11.4. The van der Waals surface area contributed by atoms with Crippen molar-refractivity contribution in [2.45, 2.75) is 45.4 Å². The van der Waals surface area contributed by atoms with Gasteiger partial charge in [-0.1, -0.05) is 38.1 Å². The number of hydrogen-bond acceptors (Lipinski definition) is 3. The second-order valence-corrected chi connectivity index (χ2v) is 5.47. The summed E-state index contributed by atoms with van der Waals surface area (Å²) < 4.78 is 0. The molecule has 0 aromatic heterocycles. The third-order valence-corrected chi connectivity index (χ3v) is 3.49. The summed E-state index contributed by atoms with van der Waals surface area (Å²) in [5.41, 5.74) is 2.91. The highest BCUT2D eigenvalue weighted by Crippen LogP contribution is 2.22. The molecule has 0 bridgehead atoms. The molecule has 3 nitrogen and oxygen atoms in total. The maximum Gasteiger partial charge on any atom is 0.0585 e. The highest BCUT2D eigenvalue weighted by Gasteiger charge is 2.19. The van der Waals surface area contributed by atoms with Crippen molar-refractivity contribution in [2.24, 2.45) is 0 Å². The molecular weight excluding hydrogens is 224 g/mol. The normalized spacial score (nSPS) is 17.1. The van der Waals surface area contributed by atoms with Crippen LogP contribution in [0.5, 0.6) is 0 Å². The first kappa shape index (κ1) is 13.5. The van der Waals surface area contributed by atoms with Gasteiger partial charge in [-0.05, 0) is 17.5 Å². The van der Waals surface area contributed by atoms with E-state index in [1.807, 2.05) is 0 Å². The molecule has 1 aliphatic heterocycles. The Labute approximate surface area is 110 Å². The lowest BCUT2D eigenvalue weighted by Crippen LogP contribution is -2.39. The number of nitrogens with one attached hydrogen (secondary N) is 1. The molecule has 100 valence electrons. The van der Waals surface area contributed by atoms with Crippen LogP contribution >= 0.6 is 0 Å². The van der Waals surface area contributed by atoms with Crippen molar-refractivity contribution in [2.75, 3.05) is 13.2 Å². The van der Waals surface area contributed by atoms with Crippen molar-refractivity contribution >= 4 is 0 Å². The van der Waals surface area contributed by atoms with Crippen molar-refractivity contribution in [3.05, 3.63) is 35.4 Å². The van der Waals surface area contributed by atoms with E-state index in [0.29, 0.717) is 6.04 Å². The first-order valence-electron chi connectivity index (χ1n) is 6.85. The monoisotopic (exact) mass is 248 g/mol. The molecule has 0 aliphatic carbocycles. The van der Waals surface area contributed by atoms with Gasteiger partial charge in [-0.15, -0.1) is 0 Å². The lowest BCUT2D eigenvalue weighted by atomic mass is 10.1. The summed E-state index contributed by atoms with van der Waals surface area (Å²) >= 11 is 0. The standard InChI is InChI=1S/C15H24N2O/c1-12(2)16-15(11-18)7-8-17-9-13-5-3-4-6-14(13)10-17/h3-6,12,15-16,18H,7-11H2,1-2H3. The number of nitrogens with zero attached hydrogens (tertiary/aromatic N) is 1. The minimum absolute atomic E-state index is 0.216. The number of benzene rings is 1. The van der Waals surface area contributed by atoms with Crippen molar-refractivity contribution in [3.8, 4) is 0 Å². The Morgan fingerprint density at radius 3 is 2.33 bits per heavy atom. The van der Waals surface area contributed by atoms with E-state index >= 15 is 0 Å². The maximum absolute atomic E-state index is 9.34. The lowest BCUT2D eigenvalue weighted by molar-refractivity contribution is 0.200. The Bertz CT molecular complexity index is 354. The van der Waals surface area contributed by atoms with Crippen LogP contribution in [-0.2, 0) is 13.1 Å². The van der Waals surface area contributed by atoms with E-state index in [9.17, 15) is 5.11 Å². The van der Waals surface area contributed by atoms with Crippen LogP contribution in [0.15, 0.2) is 24.3 Å². The zero-order chi connectivity index (χ0) is 13.0. The molecule has 1 heterocycles. The number of rotatable bonds is 6. The predicted molar refractivity (Wildman–Crippen MR) is 74.3 cm³/mol. The van der Waals surface area contributed by atoms with Crippen molar-refractivity contribution in [3.63, 3.8) is 0 Å². The Morgan fingerprint density at radius 1 is 1.22 bits per heavy atom. The quantitative estimate of drug-likeness (QED) is 0.805. The van der Waals surface area contributed by atoms with Crippen LogP contribution < -0.4 is 5.32 Å². The van der Waals surface area contributed by atoms with E-state index in [1.54, 1.807) is 0 Å². The zero-order valence-corrected chi connectivity index (χ0v) is 11.4. The molecule has 0 radical (unpaired) electrons. The third-order valence-electron chi connectivity index (χ3n) is 3.49. The summed E-state index contributed by atoms with van der Waals surface area (Å²) in [6.45, 7) is 7.60. The van der Waals surface area contributed by atoms with Crippen LogP contribution in [0, 0.1) is 0 Å². The van der Waals surface area contributed by atoms with Crippen LogP contribution in [-0.4, -0.2) is 35.2 Å². The molecule has 0 saturated carbocycles. The van der Waals surface area contributed by atoms with E-state index in [2.05, 4.69) is 48.3 Å². The Kier molecular flexibility index (Phi) is 4.75. The summed E-state index contributed by atoms with van der Waals surface area (Å²) in [5.74, 6) is 0. The molecule has 0 spiro atoms. The second-order valence-electron chi connectivity index (χ2n) is 5.47. The lowest BCUT2D eigenvalue weighted by Gasteiger charge is -2.22. The Morgan fingerprint density at radius 2 is 1.83 bits per heavy atom. The summed E-state index contributed by atoms with van der Waals surface area (Å²) in [4.78, 5) is 2.45. The second kappa shape index (κ2) is 6.32.